The van der Waals surface area contributed by atoms with Crippen LogP contribution in [0.2, 0.25) is 0 Å². The van der Waals surface area contributed by atoms with Crippen molar-refractivity contribution in [1.29, 1.82) is 0 Å². The molecule has 0 spiro atoms. The normalized spacial score (nSPS) is 20.2. The molecule has 5 rings (SSSR count). The summed E-state index contributed by atoms with van der Waals surface area (Å²) >= 11 is 7.22. The minimum Gasteiger partial charge on any atom is -0.485 e. The molecule has 218 valence electrons. The first-order chi connectivity index (χ1) is 20.7. The first-order valence-corrected chi connectivity index (χ1v) is 15.6. The van der Waals surface area contributed by atoms with Gasteiger partial charge in [-0.2, -0.15) is 0 Å². The molecule has 4 aromatic carbocycles. The summed E-state index contributed by atoms with van der Waals surface area (Å²) in [6.45, 7) is 1.95. The molecular formula is C35H34Br2O5. The fourth-order valence-electron chi connectivity index (χ4n) is 4.83. The van der Waals surface area contributed by atoms with Crippen LogP contribution in [0.25, 0.3) is 0 Å². The molecule has 42 heavy (non-hydrogen) atoms. The molecule has 0 radical (unpaired) electrons. The van der Waals surface area contributed by atoms with Crippen LogP contribution in [0.5, 0.6) is 0 Å². The van der Waals surface area contributed by atoms with Gasteiger partial charge in [0.05, 0.1) is 33.0 Å². The lowest BCUT2D eigenvalue weighted by Gasteiger charge is -2.43. The summed E-state index contributed by atoms with van der Waals surface area (Å²) in [5.74, 6) is 0.608. The predicted molar refractivity (Wildman–Crippen MR) is 171 cm³/mol. The maximum atomic E-state index is 6.69. The molecule has 7 heteroatoms. The third kappa shape index (κ3) is 8.86. The highest BCUT2D eigenvalue weighted by Gasteiger charge is 2.47. The number of ether oxygens (including phenoxy) is 5. The number of hydrogen-bond donors (Lipinski definition) is 0. The van der Waals surface area contributed by atoms with Crippen LogP contribution < -0.4 is 0 Å². The molecule has 1 aliphatic heterocycles. The number of rotatable bonds is 13. The second-order valence-corrected chi connectivity index (χ2v) is 12.7. The first kappa shape index (κ1) is 30.7. The standard InChI is InChI=1S/C35H34Br2O5/c36-35(37)34-33(41-24-29-19-11-4-12-20-29)32(40-23-28-17-9-3-10-18-28)31(39-22-27-15-7-2-8-16-27)30(42-34)25-38-21-26-13-5-1-6-14-26/h1-20,30-33H,21-25H2/t30-,31-,32+,33-/m1/s1. The molecular weight excluding hydrogens is 660 g/mol. The second-order valence-electron chi connectivity index (χ2n) is 10.0. The summed E-state index contributed by atoms with van der Waals surface area (Å²) in [6.07, 6.45) is -1.96. The smallest absolute Gasteiger partial charge is 0.150 e. The van der Waals surface area contributed by atoms with Gasteiger partial charge in [0.1, 0.15) is 27.5 Å². The van der Waals surface area contributed by atoms with Crippen LogP contribution in [0.3, 0.4) is 0 Å². The van der Waals surface area contributed by atoms with E-state index in [2.05, 4.69) is 44.0 Å². The van der Waals surface area contributed by atoms with Gasteiger partial charge in [-0.3, -0.25) is 0 Å². The van der Waals surface area contributed by atoms with E-state index in [-0.39, 0.29) is 0 Å². The van der Waals surface area contributed by atoms with E-state index >= 15 is 0 Å². The lowest BCUT2D eigenvalue weighted by molar-refractivity contribution is -0.223. The van der Waals surface area contributed by atoms with E-state index in [1.165, 1.54) is 0 Å². The van der Waals surface area contributed by atoms with E-state index in [0.29, 0.717) is 42.2 Å². The molecule has 0 amide bonds. The van der Waals surface area contributed by atoms with Crippen molar-refractivity contribution < 1.29 is 23.7 Å². The van der Waals surface area contributed by atoms with Gasteiger partial charge in [-0.25, -0.2) is 0 Å². The van der Waals surface area contributed by atoms with Crippen LogP contribution in [0.4, 0.5) is 0 Å². The molecule has 1 aliphatic rings. The predicted octanol–water partition coefficient (Wildman–Crippen LogP) is 8.32. The van der Waals surface area contributed by atoms with Crippen LogP contribution in [-0.2, 0) is 50.1 Å². The topological polar surface area (TPSA) is 46.2 Å². The maximum absolute atomic E-state index is 6.69. The van der Waals surface area contributed by atoms with Gasteiger partial charge >= 0.3 is 0 Å². The van der Waals surface area contributed by atoms with Crippen LogP contribution >= 0.6 is 31.9 Å². The third-order valence-electron chi connectivity index (χ3n) is 6.95. The highest BCUT2D eigenvalue weighted by Crippen LogP contribution is 2.37. The van der Waals surface area contributed by atoms with Crippen molar-refractivity contribution in [1.82, 2.24) is 0 Å². The average Bonchev–Trinajstić information content (AvgIpc) is 3.04. The summed E-state index contributed by atoms with van der Waals surface area (Å²) in [5.41, 5.74) is 4.27. The first-order valence-electron chi connectivity index (χ1n) is 14.0. The Morgan fingerprint density at radius 2 is 0.929 bits per heavy atom. The van der Waals surface area contributed by atoms with Crippen LogP contribution in [0, 0.1) is 0 Å². The van der Waals surface area contributed by atoms with Crippen molar-refractivity contribution in [2.24, 2.45) is 0 Å². The van der Waals surface area contributed by atoms with Crippen molar-refractivity contribution in [3.63, 3.8) is 0 Å². The summed E-state index contributed by atoms with van der Waals surface area (Å²) in [6, 6.07) is 40.4. The summed E-state index contributed by atoms with van der Waals surface area (Å²) in [7, 11) is 0. The zero-order chi connectivity index (χ0) is 29.0. The van der Waals surface area contributed by atoms with Crippen LogP contribution in [0.1, 0.15) is 22.3 Å². The van der Waals surface area contributed by atoms with Gasteiger partial charge in [0.15, 0.2) is 6.10 Å². The average molecular weight is 694 g/mol. The fourth-order valence-corrected chi connectivity index (χ4v) is 5.47. The molecule has 0 saturated carbocycles. The van der Waals surface area contributed by atoms with Crippen molar-refractivity contribution >= 4 is 31.9 Å². The summed E-state index contributed by atoms with van der Waals surface area (Å²) in [5, 5.41) is 0. The SMILES string of the molecule is BrC(Br)=C1O[C@H](COCc2ccccc2)[C@@H](OCc2ccccc2)[C@H](OCc2ccccc2)[C@H]1OCc1ccccc1. The molecule has 1 saturated heterocycles. The van der Waals surface area contributed by atoms with E-state index in [1.54, 1.807) is 0 Å². The Kier molecular flexibility index (Phi) is 11.8. The van der Waals surface area contributed by atoms with Gasteiger partial charge in [-0.05, 0) is 54.1 Å². The number of hydrogen-bond acceptors (Lipinski definition) is 5. The van der Waals surface area contributed by atoms with Gasteiger partial charge < -0.3 is 23.7 Å². The highest BCUT2D eigenvalue weighted by atomic mass is 79.9. The number of halogens is 2. The molecule has 1 fully saturated rings. The van der Waals surface area contributed by atoms with Gasteiger partial charge in [0, 0.05) is 0 Å². The molecule has 0 aliphatic carbocycles. The van der Waals surface area contributed by atoms with Gasteiger partial charge in [-0.1, -0.05) is 121 Å². The quantitative estimate of drug-likeness (QED) is 0.141. The van der Waals surface area contributed by atoms with E-state index in [9.17, 15) is 0 Å². The summed E-state index contributed by atoms with van der Waals surface area (Å²) < 4.78 is 33.3. The molecule has 0 bridgehead atoms. The molecule has 1 heterocycles. The fraction of sp³-hybridized carbons (Fsp3) is 0.257. The van der Waals surface area contributed by atoms with Gasteiger partial charge in [0.25, 0.3) is 0 Å². The molecule has 4 aromatic rings. The van der Waals surface area contributed by atoms with Gasteiger partial charge in [-0.15, -0.1) is 0 Å². The van der Waals surface area contributed by atoms with Crippen molar-refractivity contribution in [3.8, 4) is 0 Å². The molecule has 4 atom stereocenters. The Morgan fingerprint density at radius 3 is 1.38 bits per heavy atom. The zero-order valence-electron chi connectivity index (χ0n) is 23.2. The van der Waals surface area contributed by atoms with E-state index in [1.807, 2.05) is 109 Å². The van der Waals surface area contributed by atoms with Crippen molar-refractivity contribution in [2.75, 3.05) is 6.61 Å². The minimum atomic E-state index is -0.547. The van der Waals surface area contributed by atoms with Gasteiger partial charge in [0.2, 0.25) is 0 Å². The molecule has 0 unspecified atom stereocenters. The number of benzene rings is 4. The zero-order valence-corrected chi connectivity index (χ0v) is 26.4. The summed E-state index contributed by atoms with van der Waals surface area (Å²) in [4.78, 5) is 0. The monoisotopic (exact) mass is 692 g/mol. The highest BCUT2D eigenvalue weighted by molar-refractivity contribution is 9.28. The Hall–Kier alpha value is -2.78. The lowest BCUT2D eigenvalue weighted by Crippen LogP contribution is -2.56. The Balaban J connectivity index is 1.42. The lowest BCUT2D eigenvalue weighted by atomic mass is 9.97. The third-order valence-corrected chi connectivity index (χ3v) is 7.73. The second kappa shape index (κ2) is 16.2. The Labute approximate surface area is 264 Å². The van der Waals surface area contributed by atoms with E-state index in [0.717, 1.165) is 22.3 Å². The Morgan fingerprint density at radius 1 is 0.524 bits per heavy atom. The van der Waals surface area contributed by atoms with Crippen LogP contribution in [-0.4, -0.2) is 31.0 Å². The van der Waals surface area contributed by atoms with E-state index in [4.69, 9.17) is 23.7 Å². The van der Waals surface area contributed by atoms with Crippen molar-refractivity contribution in [3.05, 3.63) is 153 Å². The largest absolute Gasteiger partial charge is 0.485 e. The molecule has 0 aromatic heterocycles. The van der Waals surface area contributed by atoms with Crippen LogP contribution in [0.15, 0.2) is 130 Å². The van der Waals surface area contributed by atoms with E-state index < -0.39 is 24.4 Å². The maximum Gasteiger partial charge on any atom is 0.150 e. The molecule has 0 N–H and O–H groups in total. The Bertz CT molecular complexity index is 1370. The van der Waals surface area contributed by atoms with Crippen molar-refractivity contribution in [2.45, 2.75) is 50.8 Å². The molecule has 5 nitrogen and oxygen atoms in total. The minimum absolute atomic E-state index is 0.307.